The van der Waals surface area contributed by atoms with E-state index in [-0.39, 0.29) is 18.4 Å². The molecule has 2 N–H and O–H groups in total. The van der Waals surface area contributed by atoms with Gasteiger partial charge in [0.05, 0.1) is 16.6 Å². The third kappa shape index (κ3) is 2.33. The first-order valence-corrected chi connectivity index (χ1v) is 9.21. The zero-order valence-electron chi connectivity index (χ0n) is 14.3. The number of primary amides is 1. The highest BCUT2D eigenvalue weighted by atomic mass is 32.1. The Balaban J connectivity index is 1.69. The lowest BCUT2D eigenvalue weighted by molar-refractivity contribution is -0.125. The van der Waals surface area contributed by atoms with Crippen LogP contribution in [0.25, 0.3) is 0 Å². The van der Waals surface area contributed by atoms with Gasteiger partial charge >= 0.3 is 0 Å². The third-order valence-corrected chi connectivity index (χ3v) is 6.09. The van der Waals surface area contributed by atoms with Crippen LogP contribution in [0.3, 0.4) is 0 Å². The molecule has 8 heteroatoms. The number of nitrogens with two attached hydrogens (primary N) is 1. The van der Waals surface area contributed by atoms with Crippen LogP contribution in [0, 0.1) is 6.92 Å². The fraction of sp³-hybridized carbons (Fsp3) is 0.333. The first-order chi connectivity index (χ1) is 12.4. The van der Waals surface area contributed by atoms with Crippen LogP contribution >= 0.6 is 11.3 Å². The maximum absolute atomic E-state index is 13.2. The minimum Gasteiger partial charge on any atom is -0.368 e. The van der Waals surface area contributed by atoms with Crippen molar-refractivity contribution in [3.05, 3.63) is 45.9 Å². The molecule has 3 heterocycles. The summed E-state index contributed by atoms with van der Waals surface area (Å²) in [5, 5.41) is 0. The van der Waals surface area contributed by atoms with E-state index in [0.29, 0.717) is 35.8 Å². The molecule has 1 aromatic carbocycles. The lowest BCUT2D eigenvalue weighted by Gasteiger charge is -2.24. The minimum atomic E-state index is -0.805. The van der Waals surface area contributed by atoms with Crippen LogP contribution in [-0.4, -0.2) is 47.2 Å². The highest BCUT2D eigenvalue weighted by molar-refractivity contribution is 7.11. The summed E-state index contributed by atoms with van der Waals surface area (Å²) >= 11 is 1.31. The van der Waals surface area contributed by atoms with Gasteiger partial charge in [-0.1, -0.05) is 18.2 Å². The summed E-state index contributed by atoms with van der Waals surface area (Å²) in [6.45, 7) is 2.44. The SMILES string of the molecule is Cc1ncsc1C(=O)N1CC[C@]2(C1)C(=O)N(CC(N)=O)c1ccccc12. The van der Waals surface area contributed by atoms with Gasteiger partial charge in [-0.25, -0.2) is 4.98 Å². The number of carbonyl (C=O) groups is 3. The standard InChI is InChI=1S/C18H18N4O3S/c1-11-15(26-10-20-11)16(24)21-7-6-18(9-21)12-4-2-3-5-13(12)22(17(18)25)8-14(19)23/h2-5,10H,6-9H2,1H3,(H2,19,23)/t18-/m1/s1. The number of hydrogen-bond acceptors (Lipinski definition) is 5. The molecule has 0 bridgehead atoms. The van der Waals surface area contributed by atoms with Gasteiger partial charge < -0.3 is 15.5 Å². The van der Waals surface area contributed by atoms with Crippen LogP contribution in [0.2, 0.25) is 0 Å². The average molecular weight is 370 g/mol. The molecule has 0 aliphatic carbocycles. The summed E-state index contributed by atoms with van der Waals surface area (Å²) in [5.74, 6) is -0.814. The lowest BCUT2D eigenvalue weighted by Crippen LogP contribution is -2.45. The molecule has 1 aromatic heterocycles. The molecule has 7 nitrogen and oxygen atoms in total. The van der Waals surface area contributed by atoms with Gasteiger partial charge in [0.2, 0.25) is 11.8 Å². The largest absolute Gasteiger partial charge is 0.368 e. The number of amides is 3. The molecule has 134 valence electrons. The summed E-state index contributed by atoms with van der Waals surface area (Å²) < 4.78 is 0. The van der Waals surface area contributed by atoms with Crippen molar-refractivity contribution >= 4 is 34.7 Å². The Morgan fingerprint density at radius 3 is 2.81 bits per heavy atom. The van der Waals surface area contributed by atoms with E-state index in [4.69, 9.17) is 5.73 Å². The van der Waals surface area contributed by atoms with Gasteiger partial charge in [-0.15, -0.1) is 11.3 Å². The Hall–Kier alpha value is -2.74. The molecule has 2 aliphatic rings. The van der Waals surface area contributed by atoms with E-state index in [0.717, 1.165) is 5.56 Å². The van der Waals surface area contributed by atoms with Crippen LogP contribution in [-0.2, 0) is 15.0 Å². The van der Waals surface area contributed by atoms with Crippen molar-refractivity contribution in [3.63, 3.8) is 0 Å². The molecule has 2 aliphatic heterocycles. The fourth-order valence-corrected chi connectivity index (χ4v) is 4.71. The normalized spacial score (nSPS) is 21.5. The smallest absolute Gasteiger partial charge is 0.265 e. The van der Waals surface area contributed by atoms with Crippen molar-refractivity contribution in [2.75, 3.05) is 24.5 Å². The number of hydrogen-bond donors (Lipinski definition) is 1. The van der Waals surface area contributed by atoms with E-state index < -0.39 is 11.3 Å². The number of fused-ring (bicyclic) bond motifs is 2. The number of para-hydroxylation sites is 1. The molecule has 0 saturated carbocycles. The summed E-state index contributed by atoms with van der Waals surface area (Å²) in [5.41, 5.74) is 8.45. The monoisotopic (exact) mass is 370 g/mol. The van der Waals surface area contributed by atoms with Gasteiger partial charge in [0.1, 0.15) is 11.4 Å². The highest BCUT2D eigenvalue weighted by Gasteiger charge is 2.55. The molecule has 4 rings (SSSR count). The number of nitrogens with zero attached hydrogens (tertiary/aromatic N) is 3. The van der Waals surface area contributed by atoms with Gasteiger partial charge in [-0.3, -0.25) is 14.4 Å². The predicted octanol–water partition coefficient (Wildman–Crippen LogP) is 1.07. The maximum Gasteiger partial charge on any atom is 0.265 e. The van der Waals surface area contributed by atoms with Gasteiger partial charge in [-0.2, -0.15) is 0 Å². The van der Waals surface area contributed by atoms with E-state index in [1.54, 1.807) is 17.3 Å². The number of likely N-dealkylation sites (tertiary alicyclic amines) is 1. The Labute approximate surface area is 154 Å². The molecule has 0 radical (unpaired) electrons. The lowest BCUT2D eigenvalue weighted by atomic mass is 9.81. The number of aromatic nitrogens is 1. The van der Waals surface area contributed by atoms with Crippen LogP contribution in [0.1, 0.15) is 27.3 Å². The van der Waals surface area contributed by atoms with Crippen molar-refractivity contribution in [1.82, 2.24) is 9.88 Å². The minimum absolute atomic E-state index is 0.0968. The van der Waals surface area contributed by atoms with E-state index in [1.165, 1.54) is 16.2 Å². The van der Waals surface area contributed by atoms with Gasteiger partial charge in [-0.05, 0) is 25.0 Å². The van der Waals surface area contributed by atoms with Gasteiger partial charge in [0, 0.05) is 18.8 Å². The number of carbonyl (C=O) groups excluding carboxylic acids is 3. The van der Waals surface area contributed by atoms with Crippen molar-refractivity contribution < 1.29 is 14.4 Å². The Morgan fingerprint density at radius 1 is 1.35 bits per heavy atom. The topological polar surface area (TPSA) is 96.6 Å². The number of aryl methyl sites for hydroxylation is 1. The number of rotatable bonds is 3. The summed E-state index contributed by atoms with van der Waals surface area (Å²) in [4.78, 5) is 45.4. The van der Waals surface area contributed by atoms with E-state index in [2.05, 4.69) is 4.98 Å². The first kappa shape index (κ1) is 16.7. The first-order valence-electron chi connectivity index (χ1n) is 8.33. The fourth-order valence-electron chi connectivity index (χ4n) is 3.94. The zero-order valence-corrected chi connectivity index (χ0v) is 15.1. The molecule has 2 aromatic rings. The van der Waals surface area contributed by atoms with Crippen LogP contribution in [0.4, 0.5) is 5.69 Å². The molecule has 1 saturated heterocycles. The van der Waals surface area contributed by atoms with E-state index in [1.807, 2.05) is 24.3 Å². The predicted molar refractivity (Wildman–Crippen MR) is 97.0 cm³/mol. The molecule has 1 spiro atoms. The quantitative estimate of drug-likeness (QED) is 0.874. The number of thiazole rings is 1. The molecule has 0 unspecified atom stereocenters. The van der Waals surface area contributed by atoms with Gasteiger partial charge in [0.15, 0.2) is 0 Å². The van der Waals surface area contributed by atoms with Crippen LogP contribution in [0.15, 0.2) is 29.8 Å². The third-order valence-electron chi connectivity index (χ3n) is 5.18. The van der Waals surface area contributed by atoms with Crippen molar-refractivity contribution in [2.45, 2.75) is 18.8 Å². The second-order valence-corrected chi connectivity index (χ2v) is 7.56. The average Bonchev–Trinajstić information content (AvgIpc) is 3.30. The van der Waals surface area contributed by atoms with Gasteiger partial charge in [0.25, 0.3) is 5.91 Å². The van der Waals surface area contributed by atoms with E-state index in [9.17, 15) is 14.4 Å². The van der Waals surface area contributed by atoms with Crippen LogP contribution < -0.4 is 10.6 Å². The molecular weight excluding hydrogens is 352 g/mol. The number of anilines is 1. The maximum atomic E-state index is 13.2. The molecule has 26 heavy (non-hydrogen) atoms. The highest BCUT2D eigenvalue weighted by Crippen LogP contribution is 2.47. The summed E-state index contributed by atoms with van der Waals surface area (Å²) in [6, 6.07) is 7.43. The summed E-state index contributed by atoms with van der Waals surface area (Å²) in [7, 11) is 0. The Kier molecular flexibility index (Phi) is 3.80. The second-order valence-electron chi connectivity index (χ2n) is 6.70. The van der Waals surface area contributed by atoms with Crippen molar-refractivity contribution in [2.24, 2.45) is 5.73 Å². The molecule has 1 fully saturated rings. The van der Waals surface area contributed by atoms with Crippen LogP contribution in [0.5, 0.6) is 0 Å². The van der Waals surface area contributed by atoms with E-state index >= 15 is 0 Å². The molecule has 3 amide bonds. The van der Waals surface area contributed by atoms with Crippen molar-refractivity contribution in [1.29, 1.82) is 0 Å². The Morgan fingerprint density at radius 2 is 2.12 bits per heavy atom. The number of benzene rings is 1. The molecule has 1 atom stereocenters. The second kappa shape index (κ2) is 5.91. The van der Waals surface area contributed by atoms with Crippen molar-refractivity contribution in [3.8, 4) is 0 Å². The zero-order chi connectivity index (χ0) is 18.5. The Bertz CT molecular complexity index is 925. The summed E-state index contributed by atoms with van der Waals surface area (Å²) in [6.07, 6.45) is 0.529. The molecular formula is C18H18N4O3S.